The summed E-state index contributed by atoms with van der Waals surface area (Å²) in [4.78, 5) is 1.76. The minimum Gasteiger partial charge on any atom is -0.399 e. The summed E-state index contributed by atoms with van der Waals surface area (Å²) in [6.07, 6.45) is 0. The van der Waals surface area contributed by atoms with Gasteiger partial charge < -0.3 is 15.7 Å². The van der Waals surface area contributed by atoms with E-state index in [2.05, 4.69) is 0 Å². The molecule has 4 heteroatoms. The number of rotatable bonds is 4. The average molecular weight is 198 g/mol. The fourth-order valence-electron chi connectivity index (χ4n) is 1.35. The van der Waals surface area contributed by atoms with Crippen LogP contribution in [0.1, 0.15) is 6.92 Å². The van der Waals surface area contributed by atoms with Gasteiger partial charge in [-0.15, -0.1) is 0 Å². The van der Waals surface area contributed by atoms with Crippen LogP contribution in [0.2, 0.25) is 0 Å². The van der Waals surface area contributed by atoms with Crippen molar-refractivity contribution in [3.63, 3.8) is 0 Å². The van der Waals surface area contributed by atoms with Crippen LogP contribution < -0.4 is 10.6 Å². The third kappa shape index (κ3) is 2.35. The standard InChI is InChI=1S/C10H15FN2O/c1-2-13(5-6-14)10-4-3-8(12)7-9(10)11/h3-4,7,14H,2,5-6,12H2,1H3. The van der Waals surface area contributed by atoms with E-state index < -0.39 is 0 Å². The van der Waals surface area contributed by atoms with Crippen LogP contribution in [-0.4, -0.2) is 24.8 Å². The molecule has 0 atom stereocenters. The van der Waals surface area contributed by atoms with Gasteiger partial charge in [0.1, 0.15) is 5.82 Å². The Morgan fingerprint density at radius 1 is 1.50 bits per heavy atom. The molecule has 1 aromatic rings. The van der Waals surface area contributed by atoms with Crippen LogP contribution in [0.4, 0.5) is 15.8 Å². The molecule has 0 spiro atoms. The quantitative estimate of drug-likeness (QED) is 0.715. The van der Waals surface area contributed by atoms with E-state index in [1.165, 1.54) is 6.07 Å². The van der Waals surface area contributed by atoms with Crippen LogP contribution >= 0.6 is 0 Å². The van der Waals surface area contributed by atoms with Crippen LogP contribution in [0, 0.1) is 5.82 Å². The number of nitrogens with two attached hydrogens (primary N) is 1. The Morgan fingerprint density at radius 2 is 2.21 bits per heavy atom. The van der Waals surface area contributed by atoms with Gasteiger partial charge in [-0.25, -0.2) is 4.39 Å². The second-order valence-electron chi connectivity index (χ2n) is 3.01. The van der Waals surface area contributed by atoms with Gasteiger partial charge in [0.15, 0.2) is 0 Å². The summed E-state index contributed by atoms with van der Waals surface area (Å²) in [6.45, 7) is 3.00. The molecule has 0 radical (unpaired) electrons. The molecule has 0 aromatic heterocycles. The predicted molar refractivity (Wildman–Crippen MR) is 55.8 cm³/mol. The maximum absolute atomic E-state index is 13.4. The summed E-state index contributed by atoms with van der Waals surface area (Å²) in [5, 5.41) is 8.79. The van der Waals surface area contributed by atoms with Crippen molar-refractivity contribution in [1.82, 2.24) is 0 Å². The molecule has 0 aliphatic carbocycles. The minimum absolute atomic E-state index is 0.0116. The maximum atomic E-state index is 13.4. The van der Waals surface area contributed by atoms with Crippen LogP contribution in [0.25, 0.3) is 0 Å². The minimum atomic E-state index is -0.347. The lowest BCUT2D eigenvalue weighted by molar-refractivity contribution is 0.302. The lowest BCUT2D eigenvalue weighted by Crippen LogP contribution is -2.27. The first-order valence-corrected chi connectivity index (χ1v) is 4.60. The van der Waals surface area contributed by atoms with E-state index in [0.29, 0.717) is 24.5 Å². The zero-order valence-electron chi connectivity index (χ0n) is 8.20. The van der Waals surface area contributed by atoms with Gasteiger partial charge in [0.05, 0.1) is 12.3 Å². The first kappa shape index (κ1) is 10.8. The van der Waals surface area contributed by atoms with Gasteiger partial charge in [0.2, 0.25) is 0 Å². The lowest BCUT2D eigenvalue weighted by Gasteiger charge is -2.22. The summed E-state index contributed by atoms with van der Waals surface area (Å²) in [5.74, 6) is -0.347. The Hall–Kier alpha value is -1.29. The van der Waals surface area contributed by atoms with E-state index in [1.54, 1.807) is 17.0 Å². The first-order valence-electron chi connectivity index (χ1n) is 4.60. The molecule has 0 unspecified atom stereocenters. The fraction of sp³-hybridized carbons (Fsp3) is 0.400. The summed E-state index contributed by atoms with van der Waals surface area (Å²) in [7, 11) is 0. The Labute approximate surface area is 83.0 Å². The molecule has 0 saturated carbocycles. The van der Waals surface area contributed by atoms with Gasteiger partial charge in [0.25, 0.3) is 0 Å². The molecule has 3 N–H and O–H groups in total. The number of likely N-dealkylation sites (N-methyl/N-ethyl adjacent to an activating group) is 1. The summed E-state index contributed by atoms with van der Waals surface area (Å²) in [5.41, 5.74) is 6.33. The first-order chi connectivity index (χ1) is 6.69. The van der Waals surface area contributed by atoms with Crippen LogP contribution in [0.15, 0.2) is 18.2 Å². The van der Waals surface area contributed by atoms with Crippen molar-refractivity contribution in [3.05, 3.63) is 24.0 Å². The lowest BCUT2D eigenvalue weighted by atomic mass is 10.2. The molecule has 0 bridgehead atoms. The predicted octanol–water partition coefficient (Wildman–Crippen LogP) is 1.23. The van der Waals surface area contributed by atoms with E-state index in [9.17, 15) is 4.39 Å². The van der Waals surface area contributed by atoms with Gasteiger partial charge >= 0.3 is 0 Å². The highest BCUT2D eigenvalue weighted by molar-refractivity contribution is 5.54. The molecule has 0 saturated heterocycles. The van der Waals surface area contributed by atoms with Crippen LogP contribution in [0.3, 0.4) is 0 Å². The molecule has 78 valence electrons. The molecule has 0 amide bonds. The van der Waals surface area contributed by atoms with Crippen LogP contribution in [-0.2, 0) is 0 Å². The van der Waals surface area contributed by atoms with Crippen molar-refractivity contribution in [2.75, 3.05) is 30.3 Å². The normalized spacial score (nSPS) is 10.2. The molecular weight excluding hydrogens is 183 g/mol. The van der Waals surface area contributed by atoms with Gasteiger partial charge in [-0.1, -0.05) is 0 Å². The van der Waals surface area contributed by atoms with Crippen molar-refractivity contribution >= 4 is 11.4 Å². The third-order valence-corrected chi connectivity index (χ3v) is 2.06. The maximum Gasteiger partial charge on any atom is 0.148 e. The largest absolute Gasteiger partial charge is 0.399 e. The van der Waals surface area contributed by atoms with Crippen molar-refractivity contribution in [1.29, 1.82) is 0 Å². The second-order valence-corrected chi connectivity index (χ2v) is 3.01. The zero-order valence-corrected chi connectivity index (χ0v) is 8.20. The molecule has 1 rings (SSSR count). The summed E-state index contributed by atoms with van der Waals surface area (Å²) >= 11 is 0. The highest BCUT2D eigenvalue weighted by atomic mass is 19.1. The number of halogens is 1. The number of hydrogen-bond donors (Lipinski definition) is 2. The van der Waals surface area contributed by atoms with Crippen LogP contribution in [0.5, 0.6) is 0 Å². The Morgan fingerprint density at radius 3 is 2.71 bits per heavy atom. The van der Waals surface area contributed by atoms with Gasteiger partial charge in [-0.05, 0) is 25.1 Å². The molecular formula is C10H15FN2O. The van der Waals surface area contributed by atoms with Crippen molar-refractivity contribution in [3.8, 4) is 0 Å². The Kier molecular flexibility index (Phi) is 3.71. The molecule has 0 fully saturated rings. The number of nitrogens with zero attached hydrogens (tertiary/aromatic N) is 1. The number of anilines is 2. The van der Waals surface area contributed by atoms with Gasteiger partial charge in [-0.2, -0.15) is 0 Å². The SMILES string of the molecule is CCN(CCO)c1ccc(N)cc1F. The number of aliphatic hydroxyl groups excluding tert-OH is 1. The number of nitrogen functional groups attached to an aromatic ring is 1. The van der Waals surface area contributed by atoms with Crippen molar-refractivity contribution in [2.24, 2.45) is 0 Å². The van der Waals surface area contributed by atoms with E-state index in [-0.39, 0.29) is 12.4 Å². The summed E-state index contributed by atoms with van der Waals surface area (Å²) < 4.78 is 13.4. The molecule has 0 aliphatic heterocycles. The topological polar surface area (TPSA) is 49.5 Å². The number of aliphatic hydroxyl groups is 1. The monoisotopic (exact) mass is 198 g/mol. The molecule has 0 aliphatic rings. The Balaban J connectivity index is 2.92. The molecule has 14 heavy (non-hydrogen) atoms. The molecule has 0 heterocycles. The van der Waals surface area contributed by atoms with Crippen molar-refractivity contribution in [2.45, 2.75) is 6.92 Å². The highest BCUT2D eigenvalue weighted by Crippen LogP contribution is 2.20. The van der Waals surface area contributed by atoms with E-state index >= 15 is 0 Å². The van der Waals surface area contributed by atoms with Gasteiger partial charge in [0, 0.05) is 18.8 Å². The zero-order chi connectivity index (χ0) is 10.6. The molecule has 3 nitrogen and oxygen atoms in total. The fourth-order valence-corrected chi connectivity index (χ4v) is 1.35. The molecule has 1 aromatic carbocycles. The third-order valence-electron chi connectivity index (χ3n) is 2.06. The number of hydrogen-bond acceptors (Lipinski definition) is 3. The van der Waals surface area contributed by atoms with Gasteiger partial charge in [-0.3, -0.25) is 0 Å². The smallest absolute Gasteiger partial charge is 0.148 e. The average Bonchev–Trinajstić information content (AvgIpc) is 2.15. The van der Waals surface area contributed by atoms with E-state index in [0.717, 1.165) is 0 Å². The second kappa shape index (κ2) is 4.81. The van der Waals surface area contributed by atoms with E-state index in [1.807, 2.05) is 6.92 Å². The Bertz CT molecular complexity index is 304. The summed E-state index contributed by atoms with van der Waals surface area (Å²) in [6, 6.07) is 4.57. The van der Waals surface area contributed by atoms with Crippen molar-refractivity contribution < 1.29 is 9.50 Å². The number of benzene rings is 1. The van der Waals surface area contributed by atoms with E-state index in [4.69, 9.17) is 10.8 Å². The highest BCUT2D eigenvalue weighted by Gasteiger charge is 2.08.